The van der Waals surface area contributed by atoms with Gasteiger partial charge in [0.1, 0.15) is 0 Å². The lowest BCUT2D eigenvalue weighted by atomic mass is 10.1. The van der Waals surface area contributed by atoms with Crippen LogP contribution >= 0.6 is 0 Å². The number of benzene rings is 1. The molecule has 88 valence electrons. The molecule has 2 N–H and O–H groups in total. The second-order valence-electron chi connectivity index (χ2n) is 4.02. The van der Waals surface area contributed by atoms with E-state index in [0.29, 0.717) is 13.0 Å². The average Bonchev–Trinajstić information content (AvgIpc) is 2.79. The minimum Gasteiger partial charge on any atom is -0.330 e. The summed E-state index contributed by atoms with van der Waals surface area (Å²) < 4.78 is 1.64. The van der Waals surface area contributed by atoms with Gasteiger partial charge in [0.15, 0.2) is 0 Å². The van der Waals surface area contributed by atoms with Crippen molar-refractivity contribution in [3.63, 3.8) is 0 Å². The SMILES string of the molecule is NCCc1ccn(C(=O)Cc2ccccc2)c1. The molecule has 3 nitrogen and oxygen atoms in total. The number of carbonyl (C=O) groups is 1. The second kappa shape index (κ2) is 5.46. The fraction of sp³-hybridized carbons (Fsp3) is 0.214. The Hall–Kier alpha value is -1.87. The van der Waals surface area contributed by atoms with E-state index in [0.717, 1.165) is 17.5 Å². The van der Waals surface area contributed by atoms with Gasteiger partial charge in [-0.15, -0.1) is 0 Å². The predicted octanol–water partition coefficient (Wildman–Crippen LogP) is 1.87. The first-order valence-corrected chi connectivity index (χ1v) is 5.73. The zero-order valence-electron chi connectivity index (χ0n) is 9.67. The summed E-state index contributed by atoms with van der Waals surface area (Å²) in [6.07, 6.45) is 4.90. The molecule has 0 radical (unpaired) electrons. The van der Waals surface area contributed by atoms with Crippen molar-refractivity contribution in [3.8, 4) is 0 Å². The number of rotatable bonds is 4. The number of carbonyl (C=O) groups excluding carboxylic acids is 1. The average molecular weight is 228 g/mol. The molecule has 0 aliphatic carbocycles. The monoisotopic (exact) mass is 228 g/mol. The van der Waals surface area contributed by atoms with Crippen molar-refractivity contribution >= 4 is 5.91 Å². The third-order valence-corrected chi connectivity index (χ3v) is 2.67. The molecule has 1 aromatic carbocycles. The number of hydrogen-bond acceptors (Lipinski definition) is 2. The van der Waals surface area contributed by atoms with Gasteiger partial charge in [-0.25, -0.2) is 0 Å². The molecule has 0 atom stereocenters. The highest BCUT2D eigenvalue weighted by atomic mass is 16.1. The van der Waals surface area contributed by atoms with E-state index in [1.54, 1.807) is 10.8 Å². The van der Waals surface area contributed by atoms with Crippen molar-refractivity contribution < 1.29 is 4.79 Å². The Morgan fingerprint density at radius 1 is 1.12 bits per heavy atom. The van der Waals surface area contributed by atoms with E-state index < -0.39 is 0 Å². The molecule has 1 heterocycles. The lowest BCUT2D eigenvalue weighted by Crippen LogP contribution is -2.11. The molecule has 17 heavy (non-hydrogen) atoms. The molecule has 3 heteroatoms. The van der Waals surface area contributed by atoms with Gasteiger partial charge >= 0.3 is 0 Å². The Morgan fingerprint density at radius 2 is 1.88 bits per heavy atom. The summed E-state index contributed by atoms with van der Waals surface area (Å²) in [5.74, 6) is 0.0828. The summed E-state index contributed by atoms with van der Waals surface area (Å²) in [5.41, 5.74) is 7.61. The van der Waals surface area contributed by atoms with Crippen LogP contribution in [-0.4, -0.2) is 17.0 Å². The van der Waals surface area contributed by atoms with E-state index in [1.807, 2.05) is 42.6 Å². The number of nitrogens with two attached hydrogens (primary N) is 1. The molecule has 2 rings (SSSR count). The van der Waals surface area contributed by atoms with Crippen molar-refractivity contribution in [1.29, 1.82) is 0 Å². The maximum atomic E-state index is 12.0. The first-order valence-electron chi connectivity index (χ1n) is 5.73. The van der Waals surface area contributed by atoms with E-state index in [9.17, 15) is 4.79 Å². The maximum Gasteiger partial charge on any atom is 0.234 e. The number of nitrogens with zero attached hydrogens (tertiary/aromatic N) is 1. The second-order valence-corrected chi connectivity index (χ2v) is 4.02. The van der Waals surface area contributed by atoms with Crippen LogP contribution in [0.1, 0.15) is 15.9 Å². The summed E-state index contributed by atoms with van der Waals surface area (Å²) in [7, 11) is 0. The molecule has 0 aliphatic heterocycles. The van der Waals surface area contributed by atoms with Crippen molar-refractivity contribution in [3.05, 3.63) is 59.9 Å². The van der Waals surface area contributed by atoms with Crippen LogP contribution in [0.25, 0.3) is 0 Å². The molecular formula is C14H16N2O. The Balaban J connectivity index is 2.04. The largest absolute Gasteiger partial charge is 0.330 e. The summed E-state index contributed by atoms with van der Waals surface area (Å²) in [4.78, 5) is 12.0. The Morgan fingerprint density at radius 3 is 2.59 bits per heavy atom. The number of hydrogen-bond donors (Lipinski definition) is 1. The van der Waals surface area contributed by atoms with Crippen LogP contribution in [0.5, 0.6) is 0 Å². The van der Waals surface area contributed by atoms with E-state index in [-0.39, 0.29) is 5.91 Å². The molecular weight excluding hydrogens is 212 g/mol. The molecule has 0 aliphatic rings. The normalized spacial score (nSPS) is 10.4. The van der Waals surface area contributed by atoms with E-state index in [4.69, 9.17) is 5.73 Å². The highest BCUT2D eigenvalue weighted by Gasteiger charge is 2.06. The number of aromatic nitrogens is 1. The van der Waals surface area contributed by atoms with Crippen LogP contribution in [0.2, 0.25) is 0 Å². The summed E-state index contributed by atoms with van der Waals surface area (Å²) in [5, 5.41) is 0. The molecule has 0 saturated heterocycles. The fourth-order valence-electron chi connectivity index (χ4n) is 1.77. The Bertz CT molecular complexity index is 488. The molecule has 2 aromatic rings. The molecule has 0 saturated carbocycles. The van der Waals surface area contributed by atoms with E-state index in [1.165, 1.54) is 0 Å². The van der Waals surface area contributed by atoms with Crippen molar-refractivity contribution in [1.82, 2.24) is 4.57 Å². The Labute approximate surface area is 101 Å². The minimum absolute atomic E-state index is 0.0828. The lowest BCUT2D eigenvalue weighted by Gasteiger charge is -2.01. The first-order chi connectivity index (χ1) is 8.29. The van der Waals surface area contributed by atoms with Gasteiger partial charge in [0.05, 0.1) is 6.42 Å². The van der Waals surface area contributed by atoms with Crippen molar-refractivity contribution in [2.75, 3.05) is 6.54 Å². The van der Waals surface area contributed by atoms with Crippen LogP contribution in [0, 0.1) is 0 Å². The fourth-order valence-corrected chi connectivity index (χ4v) is 1.77. The molecule has 0 spiro atoms. The van der Waals surface area contributed by atoms with E-state index >= 15 is 0 Å². The van der Waals surface area contributed by atoms with Crippen LogP contribution in [0.15, 0.2) is 48.8 Å². The first kappa shape index (κ1) is 11.6. The molecule has 0 bridgehead atoms. The summed E-state index contributed by atoms with van der Waals surface area (Å²) in [6.45, 7) is 0.608. The van der Waals surface area contributed by atoms with Gasteiger partial charge in [-0.1, -0.05) is 30.3 Å². The van der Waals surface area contributed by atoms with Crippen LogP contribution < -0.4 is 5.73 Å². The third kappa shape index (κ3) is 3.04. The summed E-state index contributed by atoms with van der Waals surface area (Å²) in [6, 6.07) is 11.7. The summed E-state index contributed by atoms with van der Waals surface area (Å²) >= 11 is 0. The minimum atomic E-state index is 0.0828. The van der Waals surface area contributed by atoms with Gasteiger partial charge in [-0.2, -0.15) is 0 Å². The van der Waals surface area contributed by atoms with Gasteiger partial charge in [0.25, 0.3) is 0 Å². The van der Waals surface area contributed by atoms with Gasteiger partial charge in [0, 0.05) is 12.4 Å². The highest BCUT2D eigenvalue weighted by Crippen LogP contribution is 2.05. The Kier molecular flexibility index (Phi) is 3.73. The van der Waals surface area contributed by atoms with Gasteiger partial charge in [-0.3, -0.25) is 9.36 Å². The van der Waals surface area contributed by atoms with Crippen LogP contribution in [-0.2, 0) is 12.8 Å². The maximum absolute atomic E-state index is 12.0. The molecule has 0 unspecified atom stereocenters. The molecule has 0 fully saturated rings. The van der Waals surface area contributed by atoms with Gasteiger partial charge in [-0.05, 0) is 30.2 Å². The zero-order valence-corrected chi connectivity index (χ0v) is 9.67. The molecule has 1 aromatic heterocycles. The molecule has 0 amide bonds. The van der Waals surface area contributed by atoms with Crippen LogP contribution in [0.3, 0.4) is 0 Å². The van der Waals surface area contributed by atoms with E-state index in [2.05, 4.69) is 0 Å². The highest BCUT2D eigenvalue weighted by molar-refractivity contribution is 5.81. The third-order valence-electron chi connectivity index (χ3n) is 2.67. The van der Waals surface area contributed by atoms with Crippen LogP contribution in [0.4, 0.5) is 0 Å². The van der Waals surface area contributed by atoms with Crippen molar-refractivity contribution in [2.45, 2.75) is 12.8 Å². The van der Waals surface area contributed by atoms with Gasteiger partial charge in [0.2, 0.25) is 5.91 Å². The van der Waals surface area contributed by atoms with Crippen molar-refractivity contribution in [2.24, 2.45) is 5.73 Å². The zero-order chi connectivity index (χ0) is 12.1. The topological polar surface area (TPSA) is 48.0 Å². The smallest absolute Gasteiger partial charge is 0.234 e. The predicted molar refractivity (Wildman–Crippen MR) is 68.0 cm³/mol. The quantitative estimate of drug-likeness (QED) is 0.868. The lowest BCUT2D eigenvalue weighted by molar-refractivity contribution is 0.0914. The van der Waals surface area contributed by atoms with Gasteiger partial charge < -0.3 is 5.73 Å². The standard InChI is InChI=1S/C14H16N2O/c15-8-6-13-7-9-16(11-13)14(17)10-12-4-2-1-3-5-12/h1-5,7,9,11H,6,8,10,15H2.